The highest BCUT2D eigenvalue weighted by atomic mass is 31.2. The lowest BCUT2D eigenvalue weighted by atomic mass is 10.6. The molecule has 0 aromatic rings. The van der Waals surface area contributed by atoms with Gasteiger partial charge in [0.25, 0.3) is 0 Å². The lowest BCUT2D eigenvalue weighted by Gasteiger charge is -2.15. The van der Waals surface area contributed by atoms with Crippen LogP contribution in [-0.2, 0) is 23.1 Å². The van der Waals surface area contributed by atoms with Crippen LogP contribution >= 0.6 is 7.60 Å². The largest absolute Gasteiger partial charge is 0.460 e. The summed E-state index contributed by atoms with van der Waals surface area (Å²) in [7, 11) is -2.99. The molecule has 15 heavy (non-hydrogen) atoms. The molecule has 0 bridgehead atoms. The quantitative estimate of drug-likeness (QED) is 0.279. The Hall–Kier alpha value is -0.640. The van der Waals surface area contributed by atoms with Crippen LogP contribution in [-0.4, -0.2) is 32.0 Å². The summed E-state index contributed by atoms with van der Waals surface area (Å²) in [5.41, 5.74) is 0. The molecule has 0 aliphatic carbocycles. The second-order valence-corrected chi connectivity index (χ2v) is 4.92. The van der Waals surface area contributed by atoms with E-state index in [1.165, 1.54) is 0 Å². The standard InChI is InChI=1S/C9H17O5P/c1-4-9(10)12-7-8-14-15(11,6-3)13-5-2/h4H,1,5-8H2,2-3H3. The average molecular weight is 236 g/mol. The Labute approximate surface area is 89.9 Å². The van der Waals surface area contributed by atoms with E-state index in [4.69, 9.17) is 9.05 Å². The lowest BCUT2D eigenvalue weighted by molar-refractivity contribution is -0.138. The molecular weight excluding hydrogens is 219 g/mol. The Morgan fingerprint density at radius 3 is 2.47 bits per heavy atom. The molecule has 0 N–H and O–H groups in total. The normalized spacial score (nSPS) is 14.3. The first-order chi connectivity index (χ1) is 7.08. The minimum atomic E-state index is -2.99. The Morgan fingerprint density at radius 1 is 1.33 bits per heavy atom. The van der Waals surface area contributed by atoms with Gasteiger partial charge in [0, 0.05) is 12.2 Å². The van der Waals surface area contributed by atoms with Gasteiger partial charge in [0.1, 0.15) is 6.61 Å². The van der Waals surface area contributed by atoms with Crippen molar-refractivity contribution in [1.29, 1.82) is 0 Å². The second-order valence-electron chi connectivity index (χ2n) is 2.55. The van der Waals surface area contributed by atoms with Crippen LogP contribution in [0.2, 0.25) is 0 Å². The van der Waals surface area contributed by atoms with Crippen LogP contribution in [0.5, 0.6) is 0 Å². The molecule has 0 radical (unpaired) electrons. The zero-order valence-corrected chi connectivity index (χ0v) is 10.00. The molecule has 6 heteroatoms. The third-order valence-electron chi connectivity index (χ3n) is 1.50. The lowest BCUT2D eigenvalue weighted by Crippen LogP contribution is -2.08. The maximum Gasteiger partial charge on any atom is 0.330 e. The Kier molecular flexibility index (Phi) is 7.30. The van der Waals surface area contributed by atoms with Crippen LogP contribution in [0.25, 0.3) is 0 Å². The predicted molar refractivity (Wildman–Crippen MR) is 56.9 cm³/mol. The molecule has 0 rings (SSSR count). The summed E-state index contributed by atoms with van der Waals surface area (Å²) < 4.78 is 26.4. The van der Waals surface area contributed by atoms with Crippen molar-refractivity contribution < 1.29 is 23.1 Å². The minimum absolute atomic E-state index is 0.0436. The minimum Gasteiger partial charge on any atom is -0.460 e. The van der Waals surface area contributed by atoms with E-state index >= 15 is 0 Å². The van der Waals surface area contributed by atoms with Crippen molar-refractivity contribution in [2.45, 2.75) is 13.8 Å². The van der Waals surface area contributed by atoms with E-state index in [1.54, 1.807) is 13.8 Å². The van der Waals surface area contributed by atoms with Crippen LogP contribution in [0.4, 0.5) is 0 Å². The van der Waals surface area contributed by atoms with Crippen LogP contribution in [0.15, 0.2) is 12.7 Å². The van der Waals surface area contributed by atoms with Crippen molar-refractivity contribution in [1.82, 2.24) is 0 Å². The first-order valence-corrected chi connectivity index (χ1v) is 6.48. The fourth-order valence-corrected chi connectivity index (χ4v) is 1.98. The summed E-state index contributed by atoms with van der Waals surface area (Å²) in [6.07, 6.45) is 1.36. The smallest absolute Gasteiger partial charge is 0.330 e. The van der Waals surface area contributed by atoms with E-state index in [0.29, 0.717) is 12.8 Å². The molecule has 0 saturated heterocycles. The molecule has 0 fully saturated rings. The molecule has 0 aliphatic rings. The van der Waals surface area contributed by atoms with Gasteiger partial charge in [-0.25, -0.2) is 4.79 Å². The van der Waals surface area contributed by atoms with Gasteiger partial charge in [0.15, 0.2) is 0 Å². The van der Waals surface area contributed by atoms with Crippen molar-refractivity contribution in [2.75, 3.05) is 26.0 Å². The summed E-state index contributed by atoms with van der Waals surface area (Å²) in [6, 6.07) is 0. The maximum atomic E-state index is 11.7. The van der Waals surface area contributed by atoms with Crippen molar-refractivity contribution in [3.8, 4) is 0 Å². The van der Waals surface area contributed by atoms with Gasteiger partial charge in [-0.05, 0) is 6.92 Å². The number of hydrogen-bond donors (Lipinski definition) is 0. The van der Waals surface area contributed by atoms with Gasteiger partial charge in [0.05, 0.1) is 13.2 Å². The van der Waals surface area contributed by atoms with Gasteiger partial charge in [-0.2, -0.15) is 0 Å². The van der Waals surface area contributed by atoms with Gasteiger partial charge in [-0.1, -0.05) is 13.5 Å². The molecule has 0 aromatic heterocycles. The third-order valence-corrected chi connectivity index (χ3v) is 3.50. The van der Waals surface area contributed by atoms with E-state index in [0.717, 1.165) is 6.08 Å². The summed E-state index contributed by atoms with van der Waals surface area (Å²) >= 11 is 0. The first kappa shape index (κ1) is 14.4. The van der Waals surface area contributed by atoms with Crippen LogP contribution in [0.1, 0.15) is 13.8 Å². The van der Waals surface area contributed by atoms with E-state index in [2.05, 4.69) is 11.3 Å². The van der Waals surface area contributed by atoms with E-state index in [1.807, 2.05) is 0 Å². The van der Waals surface area contributed by atoms with Gasteiger partial charge in [-0.3, -0.25) is 4.57 Å². The van der Waals surface area contributed by atoms with E-state index in [-0.39, 0.29) is 13.2 Å². The predicted octanol–water partition coefficient (Wildman–Crippen LogP) is 1.98. The number of ether oxygens (including phenoxy) is 1. The second kappa shape index (κ2) is 7.63. The molecule has 0 aliphatic heterocycles. The fraction of sp³-hybridized carbons (Fsp3) is 0.667. The van der Waals surface area contributed by atoms with Gasteiger partial charge in [-0.15, -0.1) is 0 Å². The zero-order chi connectivity index (χ0) is 11.7. The number of carbonyl (C=O) groups excluding carboxylic acids is 1. The summed E-state index contributed by atoms with van der Waals surface area (Å²) in [4.78, 5) is 10.6. The van der Waals surface area contributed by atoms with Gasteiger partial charge >= 0.3 is 13.6 Å². The molecule has 88 valence electrons. The van der Waals surface area contributed by atoms with Crippen LogP contribution < -0.4 is 0 Å². The molecule has 0 aromatic carbocycles. The van der Waals surface area contributed by atoms with Gasteiger partial charge in [0.2, 0.25) is 0 Å². The Balaban J connectivity index is 3.77. The first-order valence-electron chi connectivity index (χ1n) is 4.75. The molecule has 1 unspecified atom stereocenters. The van der Waals surface area contributed by atoms with Crippen LogP contribution in [0.3, 0.4) is 0 Å². The summed E-state index contributed by atoms with van der Waals surface area (Å²) in [5, 5.41) is 0. The fourth-order valence-electron chi connectivity index (χ4n) is 0.794. The maximum absolute atomic E-state index is 11.7. The zero-order valence-electron chi connectivity index (χ0n) is 9.10. The molecule has 0 spiro atoms. The van der Waals surface area contributed by atoms with Crippen molar-refractivity contribution in [3.63, 3.8) is 0 Å². The average Bonchev–Trinajstić information content (AvgIpc) is 2.24. The number of esters is 1. The molecular formula is C9H17O5P. The monoisotopic (exact) mass is 236 g/mol. The highest BCUT2D eigenvalue weighted by molar-refractivity contribution is 7.53. The Bertz CT molecular complexity index is 251. The number of rotatable bonds is 8. The van der Waals surface area contributed by atoms with Crippen molar-refractivity contribution >= 4 is 13.6 Å². The highest BCUT2D eigenvalue weighted by Gasteiger charge is 2.20. The third kappa shape index (κ3) is 6.44. The van der Waals surface area contributed by atoms with Crippen molar-refractivity contribution in [3.05, 3.63) is 12.7 Å². The van der Waals surface area contributed by atoms with E-state index < -0.39 is 13.6 Å². The molecule has 1 atom stereocenters. The SMILES string of the molecule is C=CC(=O)OCCOP(=O)(CC)OCC. The molecule has 0 amide bonds. The topological polar surface area (TPSA) is 61.8 Å². The molecule has 0 saturated carbocycles. The molecule has 5 nitrogen and oxygen atoms in total. The van der Waals surface area contributed by atoms with Gasteiger partial charge < -0.3 is 13.8 Å². The summed E-state index contributed by atoms with van der Waals surface area (Å²) in [5.74, 6) is -0.527. The number of hydrogen-bond acceptors (Lipinski definition) is 5. The van der Waals surface area contributed by atoms with Crippen LogP contribution in [0, 0.1) is 0 Å². The van der Waals surface area contributed by atoms with Crippen molar-refractivity contribution in [2.24, 2.45) is 0 Å². The number of carbonyl (C=O) groups is 1. The highest BCUT2D eigenvalue weighted by Crippen LogP contribution is 2.47. The van der Waals surface area contributed by atoms with E-state index in [9.17, 15) is 9.36 Å². The molecule has 0 heterocycles. The summed E-state index contributed by atoms with van der Waals surface area (Å²) in [6.45, 7) is 7.13. The Morgan fingerprint density at radius 2 is 2.00 bits per heavy atom.